The van der Waals surface area contributed by atoms with E-state index in [1.165, 1.54) is 0 Å². The number of Topliss-reactive ketones (excluding diaryl/α,β-unsaturated/α-hetero) is 1. The first-order valence-electron chi connectivity index (χ1n) is 5.04. The Kier molecular flexibility index (Phi) is 3.92. The molecule has 4 heteroatoms. The van der Waals surface area contributed by atoms with Crippen molar-refractivity contribution in [1.82, 2.24) is 4.98 Å². The van der Waals surface area contributed by atoms with Gasteiger partial charge in [0, 0.05) is 28.9 Å². The van der Waals surface area contributed by atoms with E-state index in [1.54, 1.807) is 30.6 Å². The van der Waals surface area contributed by atoms with Gasteiger partial charge in [-0.2, -0.15) is 0 Å². The van der Waals surface area contributed by atoms with Gasteiger partial charge in [-0.25, -0.2) is 0 Å². The Hall–Kier alpha value is -1.19. The van der Waals surface area contributed by atoms with Crippen LogP contribution in [-0.4, -0.2) is 10.8 Å². The van der Waals surface area contributed by atoms with Crippen molar-refractivity contribution < 1.29 is 4.79 Å². The zero-order valence-corrected chi connectivity index (χ0v) is 11.2. The molecule has 0 spiro atoms. The largest absolute Gasteiger partial charge is 0.294 e. The molecule has 1 heterocycles. The number of hydrogen-bond acceptors (Lipinski definition) is 2. The summed E-state index contributed by atoms with van der Waals surface area (Å²) in [5, 5.41) is 0.526. The molecule has 0 aliphatic carbocycles. The molecule has 0 saturated carbocycles. The summed E-state index contributed by atoms with van der Waals surface area (Å²) < 4.78 is 0.955. The van der Waals surface area contributed by atoms with Crippen molar-refractivity contribution in [3.05, 3.63) is 63.3 Å². The van der Waals surface area contributed by atoms with E-state index < -0.39 is 0 Å². The average Bonchev–Trinajstić information content (AvgIpc) is 2.33. The van der Waals surface area contributed by atoms with Crippen molar-refractivity contribution in [3.8, 4) is 0 Å². The van der Waals surface area contributed by atoms with Gasteiger partial charge in [0.1, 0.15) is 0 Å². The summed E-state index contributed by atoms with van der Waals surface area (Å²) in [7, 11) is 0. The second-order valence-electron chi connectivity index (χ2n) is 3.57. The normalized spacial score (nSPS) is 10.2. The Balaban J connectivity index is 2.17. The highest BCUT2D eigenvalue weighted by Crippen LogP contribution is 2.17. The molecule has 0 aliphatic heterocycles. The van der Waals surface area contributed by atoms with Crippen LogP contribution in [0.25, 0.3) is 0 Å². The van der Waals surface area contributed by atoms with Crippen LogP contribution in [0, 0.1) is 0 Å². The molecule has 0 amide bonds. The second-order valence-corrected chi connectivity index (χ2v) is 4.90. The van der Waals surface area contributed by atoms with Gasteiger partial charge < -0.3 is 0 Å². The zero-order chi connectivity index (χ0) is 12.3. The fraction of sp³-hybridized carbons (Fsp3) is 0.0769. The number of pyridine rings is 1. The highest BCUT2D eigenvalue weighted by atomic mass is 79.9. The van der Waals surface area contributed by atoms with Crippen molar-refractivity contribution >= 4 is 33.3 Å². The number of nitrogens with zero attached hydrogens (tertiary/aromatic N) is 1. The topological polar surface area (TPSA) is 30.0 Å². The highest BCUT2D eigenvalue weighted by molar-refractivity contribution is 9.10. The Morgan fingerprint density at radius 3 is 2.59 bits per heavy atom. The lowest BCUT2D eigenvalue weighted by molar-refractivity contribution is 0.0993. The molecule has 0 fully saturated rings. The smallest absolute Gasteiger partial charge is 0.167 e. The van der Waals surface area contributed by atoms with Crippen LogP contribution < -0.4 is 0 Å². The molecule has 0 aliphatic rings. The van der Waals surface area contributed by atoms with E-state index in [1.807, 2.05) is 12.1 Å². The van der Waals surface area contributed by atoms with E-state index in [2.05, 4.69) is 20.9 Å². The third-order valence-electron chi connectivity index (χ3n) is 2.37. The van der Waals surface area contributed by atoms with Gasteiger partial charge in [0.2, 0.25) is 0 Å². The molecule has 0 atom stereocenters. The van der Waals surface area contributed by atoms with Crippen LogP contribution in [0.5, 0.6) is 0 Å². The summed E-state index contributed by atoms with van der Waals surface area (Å²) in [6.07, 6.45) is 3.48. The Morgan fingerprint density at radius 2 is 1.94 bits per heavy atom. The number of benzene rings is 1. The van der Waals surface area contributed by atoms with Gasteiger partial charge in [0.25, 0.3) is 0 Å². The number of hydrogen-bond donors (Lipinski definition) is 0. The lowest BCUT2D eigenvalue weighted by Crippen LogP contribution is -2.03. The van der Waals surface area contributed by atoms with E-state index in [0.717, 1.165) is 10.0 Å². The fourth-order valence-corrected chi connectivity index (χ4v) is 1.91. The molecular formula is C13H9BrClNO. The molecule has 2 nitrogen and oxygen atoms in total. The molecule has 0 saturated heterocycles. The fourth-order valence-electron chi connectivity index (χ4n) is 1.46. The molecule has 0 radical (unpaired) electrons. The monoisotopic (exact) mass is 309 g/mol. The van der Waals surface area contributed by atoms with Crippen molar-refractivity contribution in [2.45, 2.75) is 6.42 Å². The first kappa shape index (κ1) is 12.3. The third-order valence-corrected chi connectivity index (χ3v) is 3.24. The minimum atomic E-state index is 0.0469. The van der Waals surface area contributed by atoms with Crippen LogP contribution in [0.1, 0.15) is 15.9 Å². The van der Waals surface area contributed by atoms with Crippen molar-refractivity contribution in [3.63, 3.8) is 0 Å². The Bertz CT molecular complexity index is 539. The number of rotatable bonds is 3. The molecule has 2 aromatic rings. The summed E-state index contributed by atoms with van der Waals surface area (Å²) in [5.41, 5.74) is 1.48. The van der Waals surface area contributed by atoms with Gasteiger partial charge in [-0.1, -0.05) is 39.7 Å². The first-order chi connectivity index (χ1) is 8.16. The van der Waals surface area contributed by atoms with Gasteiger partial charge in [-0.15, -0.1) is 0 Å². The van der Waals surface area contributed by atoms with Gasteiger partial charge in [-0.05, 0) is 23.8 Å². The van der Waals surface area contributed by atoms with E-state index in [4.69, 9.17) is 11.6 Å². The summed E-state index contributed by atoms with van der Waals surface area (Å²) in [6, 6.07) is 9.05. The maximum Gasteiger partial charge on any atom is 0.167 e. The van der Waals surface area contributed by atoms with Gasteiger partial charge in [0.05, 0.1) is 5.02 Å². The minimum Gasteiger partial charge on any atom is -0.294 e. The number of ketones is 1. The van der Waals surface area contributed by atoms with Crippen LogP contribution in [0.15, 0.2) is 47.2 Å². The summed E-state index contributed by atoms with van der Waals surface area (Å²) in [4.78, 5) is 15.9. The maximum absolute atomic E-state index is 12.0. The second kappa shape index (κ2) is 5.43. The van der Waals surface area contributed by atoms with Crippen LogP contribution >= 0.6 is 27.5 Å². The number of carbonyl (C=O) groups excluding carboxylic acids is 1. The first-order valence-corrected chi connectivity index (χ1v) is 6.21. The van der Waals surface area contributed by atoms with Crippen LogP contribution in [0.2, 0.25) is 5.02 Å². The minimum absolute atomic E-state index is 0.0469. The van der Waals surface area contributed by atoms with Crippen molar-refractivity contribution in [1.29, 1.82) is 0 Å². The molecule has 1 aromatic heterocycles. The van der Waals surface area contributed by atoms with Gasteiger partial charge in [0.15, 0.2) is 5.78 Å². The Morgan fingerprint density at radius 1 is 1.24 bits per heavy atom. The van der Waals surface area contributed by atoms with E-state index in [0.29, 0.717) is 17.0 Å². The number of carbonyl (C=O) groups is 1. The standard InChI is InChI=1S/C13H9BrClNO/c14-11-3-1-9(2-4-11)13(17)7-10-5-6-16-8-12(10)15/h1-6,8H,7H2. The predicted molar refractivity (Wildman–Crippen MR) is 71.4 cm³/mol. The number of aromatic nitrogens is 1. The van der Waals surface area contributed by atoms with Gasteiger partial charge >= 0.3 is 0 Å². The lowest BCUT2D eigenvalue weighted by atomic mass is 10.0. The lowest BCUT2D eigenvalue weighted by Gasteiger charge is -2.03. The molecule has 0 N–H and O–H groups in total. The molecule has 0 bridgehead atoms. The highest BCUT2D eigenvalue weighted by Gasteiger charge is 2.09. The van der Waals surface area contributed by atoms with E-state index >= 15 is 0 Å². The summed E-state index contributed by atoms with van der Waals surface area (Å²) in [6.45, 7) is 0. The van der Waals surface area contributed by atoms with E-state index in [-0.39, 0.29) is 5.78 Å². The van der Waals surface area contributed by atoms with Crippen molar-refractivity contribution in [2.75, 3.05) is 0 Å². The summed E-state index contributed by atoms with van der Waals surface area (Å²) in [5.74, 6) is 0.0469. The Labute approximate surface area is 113 Å². The molecule has 86 valence electrons. The van der Waals surface area contributed by atoms with Crippen molar-refractivity contribution in [2.24, 2.45) is 0 Å². The van der Waals surface area contributed by atoms with Crippen LogP contribution in [0.3, 0.4) is 0 Å². The molecule has 0 unspecified atom stereocenters. The predicted octanol–water partition coefficient (Wildman–Crippen LogP) is 3.92. The molecule has 2 rings (SSSR count). The summed E-state index contributed by atoms with van der Waals surface area (Å²) >= 11 is 9.29. The quantitative estimate of drug-likeness (QED) is 0.804. The average molecular weight is 311 g/mol. The molecule has 1 aromatic carbocycles. The zero-order valence-electron chi connectivity index (χ0n) is 8.86. The third kappa shape index (κ3) is 3.14. The van der Waals surface area contributed by atoms with Crippen LogP contribution in [0.4, 0.5) is 0 Å². The van der Waals surface area contributed by atoms with Gasteiger partial charge in [-0.3, -0.25) is 9.78 Å². The maximum atomic E-state index is 12.0. The van der Waals surface area contributed by atoms with E-state index in [9.17, 15) is 4.79 Å². The molecule has 17 heavy (non-hydrogen) atoms. The molecular weight excluding hydrogens is 302 g/mol. The number of halogens is 2. The SMILES string of the molecule is O=C(Cc1ccncc1Cl)c1ccc(Br)cc1. The van der Waals surface area contributed by atoms with Crippen LogP contribution in [-0.2, 0) is 6.42 Å².